The number of amides is 1. The minimum absolute atomic E-state index is 0.0143. The van der Waals surface area contributed by atoms with Gasteiger partial charge < -0.3 is 10.4 Å². The molecule has 2 N–H and O–H groups in total. The van der Waals surface area contributed by atoms with Gasteiger partial charge in [0, 0.05) is 11.5 Å². The summed E-state index contributed by atoms with van der Waals surface area (Å²) in [5.41, 5.74) is 0.518. The smallest absolute Gasteiger partial charge is 0.224 e. The second-order valence-corrected chi connectivity index (χ2v) is 5.50. The number of carbonyl (C=O) groups is 1. The van der Waals surface area contributed by atoms with Crippen molar-refractivity contribution in [2.45, 2.75) is 38.8 Å². The molecule has 1 saturated carbocycles. The van der Waals surface area contributed by atoms with Crippen LogP contribution in [0.5, 0.6) is 0 Å². The van der Waals surface area contributed by atoms with Crippen molar-refractivity contribution in [2.24, 2.45) is 5.41 Å². The van der Waals surface area contributed by atoms with E-state index in [1.807, 2.05) is 13.8 Å². The van der Waals surface area contributed by atoms with Gasteiger partial charge in [-0.2, -0.15) is 0 Å². The lowest BCUT2D eigenvalue weighted by molar-refractivity contribution is -0.128. The van der Waals surface area contributed by atoms with Gasteiger partial charge in [0.25, 0.3) is 0 Å². The number of hydrogen-bond acceptors (Lipinski definition) is 2. The number of aliphatic hydroxyl groups excluding tert-OH is 1. The molecule has 98 valence electrons. The number of benzene rings is 1. The fourth-order valence-corrected chi connectivity index (χ4v) is 2.18. The van der Waals surface area contributed by atoms with Crippen LogP contribution in [0.1, 0.15) is 25.8 Å². The van der Waals surface area contributed by atoms with E-state index in [0.29, 0.717) is 6.42 Å². The van der Waals surface area contributed by atoms with Crippen LogP contribution in [0, 0.1) is 11.2 Å². The summed E-state index contributed by atoms with van der Waals surface area (Å²) < 4.78 is 12.7. The van der Waals surface area contributed by atoms with Crippen LogP contribution in [-0.4, -0.2) is 23.2 Å². The van der Waals surface area contributed by atoms with Gasteiger partial charge in [0.1, 0.15) is 5.82 Å². The average molecular weight is 251 g/mol. The Labute approximate surface area is 106 Å². The lowest BCUT2D eigenvalue weighted by atomic mass is 9.64. The molecule has 1 amide bonds. The molecule has 1 aromatic carbocycles. The van der Waals surface area contributed by atoms with Gasteiger partial charge in [-0.1, -0.05) is 26.0 Å². The van der Waals surface area contributed by atoms with E-state index in [0.717, 1.165) is 5.56 Å². The number of hydrogen-bond donors (Lipinski definition) is 2. The van der Waals surface area contributed by atoms with Crippen molar-refractivity contribution < 1.29 is 14.3 Å². The van der Waals surface area contributed by atoms with Crippen LogP contribution in [-0.2, 0) is 11.2 Å². The SMILES string of the molecule is CC1(C)C(O)CC1NC(=O)Cc1ccc(F)cc1. The Hall–Kier alpha value is -1.42. The minimum atomic E-state index is -0.353. The monoisotopic (exact) mass is 251 g/mol. The summed E-state index contributed by atoms with van der Waals surface area (Å²) in [6.07, 6.45) is 0.485. The Morgan fingerprint density at radius 1 is 1.44 bits per heavy atom. The molecule has 2 rings (SSSR count). The van der Waals surface area contributed by atoms with E-state index in [-0.39, 0.29) is 35.7 Å². The highest BCUT2D eigenvalue weighted by atomic mass is 19.1. The topological polar surface area (TPSA) is 49.3 Å². The molecule has 18 heavy (non-hydrogen) atoms. The van der Waals surface area contributed by atoms with Gasteiger partial charge in [-0.15, -0.1) is 0 Å². The van der Waals surface area contributed by atoms with E-state index in [4.69, 9.17) is 0 Å². The highest BCUT2D eigenvalue weighted by molar-refractivity contribution is 5.79. The third-order valence-corrected chi connectivity index (χ3v) is 3.83. The van der Waals surface area contributed by atoms with E-state index in [9.17, 15) is 14.3 Å². The molecule has 0 heterocycles. The third-order valence-electron chi connectivity index (χ3n) is 3.83. The zero-order valence-corrected chi connectivity index (χ0v) is 10.6. The van der Waals surface area contributed by atoms with Gasteiger partial charge in [0.05, 0.1) is 12.5 Å². The second-order valence-electron chi connectivity index (χ2n) is 5.50. The molecule has 1 aromatic rings. The second kappa shape index (κ2) is 4.69. The van der Waals surface area contributed by atoms with Gasteiger partial charge in [0.15, 0.2) is 0 Å². The molecular weight excluding hydrogens is 233 g/mol. The van der Waals surface area contributed by atoms with E-state index in [1.54, 1.807) is 12.1 Å². The number of aliphatic hydroxyl groups is 1. The van der Waals surface area contributed by atoms with Crippen molar-refractivity contribution in [3.05, 3.63) is 35.6 Å². The molecule has 0 saturated heterocycles. The van der Waals surface area contributed by atoms with E-state index >= 15 is 0 Å². The van der Waals surface area contributed by atoms with Gasteiger partial charge in [-0.25, -0.2) is 4.39 Å². The molecule has 2 unspecified atom stereocenters. The van der Waals surface area contributed by atoms with Crippen LogP contribution >= 0.6 is 0 Å². The van der Waals surface area contributed by atoms with E-state index in [2.05, 4.69) is 5.32 Å². The van der Waals surface area contributed by atoms with Crippen molar-refractivity contribution in [3.8, 4) is 0 Å². The maximum Gasteiger partial charge on any atom is 0.224 e. The van der Waals surface area contributed by atoms with Crippen molar-refractivity contribution in [1.82, 2.24) is 5.32 Å². The highest BCUT2D eigenvalue weighted by Gasteiger charge is 2.47. The van der Waals surface area contributed by atoms with Crippen molar-refractivity contribution in [2.75, 3.05) is 0 Å². The largest absolute Gasteiger partial charge is 0.392 e. The normalized spacial score (nSPS) is 25.3. The highest BCUT2D eigenvalue weighted by Crippen LogP contribution is 2.40. The number of nitrogens with one attached hydrogen (secondary N) is 1. The zero-order valence-electron chi connectivity index (χ0n) is 10.6. The van der Waals surface area contributed by atoms with Crippen molar-refractivity contribution >= 4 is 5.91 Å². The first-order valence-electron chi connectivity index (χ1n) is 6.11. The standard InChI is InChI=1S/C14H18FNO2/c1-14(2)11(8-12(14)17)16-13(18)7-9-3-5-10(15)6-4-9/h3-6,11-12,17H,7-8H2,1-2H3,(H,16,18). The molecule has 0 bridgehead atoms. The Morgan fingerprint density at radius 3 is 2.56 bits per heavy atom. The fourth-order valence-electron chi connectivity index (χ4n) is 2.18. The summed E-state index contributed by atoms with van der Waals surface area (Å²) in [4.78, 5) is 11.8. The molecule has 0 aliphatic heterocycles. The Bertz CT molecular complexity index is 442. The first-order chi connectivity index (χ1) is 8.39. The molecule has 0 radical (unpaired) electrons. The Balaban J connectivity index is 1.88. The summed E-state index contributed by atoms with van der Waals surface area (Å²) in [6.45, 7) is 3.87. The quantitative estimate of drug-likeness (QED) is 0.858. The predicted octanol–water partition coefficient (Wildman–Crippen LogP) is 1.64. The van der Waals surface area contributed by atoms with Crippen molar-refractivity contribution in [3.63, 3.8) is 0 Å². The van der Waals surface area contributed by atoms with Gasteiger partial charge >= 0.3 is 0 Å². The van der Waals surface area contributed by atoms with E-state index < -0.39 is 0 Å². The zero-order chi connectivity index (χ0) is 13.3. The molecule has 0 aromatic heterocycles. The van der Waals surface area contributed by atoms with Crippen molar-refractivity contribution in [1.29, 1.82) is 0 Å². The fraction of sp³-hybridized carbons (Fsp3) is 0.500. The number of rotatable bonds is 3. The summed E-state index contributed by atoms with van der Waals surface area (Å²) in [7, 11) is 0. The van der Waals surface area contributed by atoms with Crippen LogP contribution in [0.15, 0.2) is 24.3 Å². The third kappa shape index (κ3) is 2.53. The maximum absolute atomic E-state index is 12.7. The number of halogens is 1. The molecule has 2 atom stereocenters. The predicted molar refractivity (Wildman–Crippen MR) is 66.4 cm³/mol. The van der Waals surface area contributed by atoms with Crippen LogP contribution in [0.2, 0.25) is 0 Å². The van der Waals surface area contributed by atoms with Gasteiger partial charge in [0.2, 0.25) is 5.91 Å². The van der Waals surface area contributed by atoms with Crippen LogP contribution in [0.25, 0.3) is 0 Å². The Kier molecular flexibility index (Phi) is 3.39. The average Bonchev–Trinajstić information content (AvgIpc) is 2.32. The summed E-state index contributed by atoms with van der Waals surface area (Å²) in [5.74, 6) is -0.394. The first-order valence-corrected chi connectivity index (χ1v) is 6.11. The minimum Gasteiger partial charge on any atom is -0.392 e. The molecule has 1 aliphatic rings. The van der Waals surface area contributed by atoms with Gasteiger partial charge in [-0.3, -0.25) is 4.79 Å². The van der Waals surface area contributed by atoms with Crippen LogP contribution < -0.4 is 5.32 Å². The summed E-state index contributed by atoms with van der Waals surface area (Å²) >= 11 is 0. The first kappa shape index (κ1) is 13.0. The molecule has 1 fully saturated rings. The van der Waals surface area contributed by atoms with Gasteiger partial charge in [-0.05, 0) is 24.1 Å². The van der Waals surface area contributed by atoms with Crippen LogP contribution in [0.4, 0.5) is 4.39 Å². The molecule has 3 nitrogen and oxygen atoms in total. The molecule has 4 heteroatoms. The molecular formula is C14H18FNO2. The maximum atomic E-state index is 12.7. The lowest BCUT2D eigenvalue weighted by Crippen LogP contribution is -2.61. The summed E-state index contributed by atoms with van der Waals surface area (Å²) in [6, 6.07) is 5.92. The molecule has 1 aliphatic carbocycles. The van der Waals surface area contributed by atoms with Crippen LogP contribution in [0.3, 0.4) is 0 Å². The Morgan fingerprint density at radius 2 is 2.06 bits per heavy atom. The summed E-state index contributed by atoms with van der Waals surface area (Å²) in [5, 5.41) is 12.5. The lowest BCUT2D eigenvalue weighted by Gasteiger charge is -2.49. The molecule has 0 spiro atoms. The van der Waals surface area contributed by atoms with E-state index in [1.165, 1.54) is 12.1 Å². The number of carbonyl (C=O) groups excluding carboxylic acids is 1.